The predicted octanol–water partition coefficient (Wildman–Crippen LogP) is 4.27. The fourth-order valence-electron chi connectivity index (χ4n) is 2.10. The van der Waals surface area contributed by atoms with Crippen LogP contribution in [-0.2, 0) is 11.2 Å². The summed E-state index contributed by atoms with van der Waals surface area (Å²) in [6.07, 6.45) is -5.16. The summed E-state index contributed by atoms with van der Waals surface area (Å²) < 4.78 is 42.2. The van der Waals surface area contributed by atoms with Crippen LogP contribution in [0.3, 0.4) is 0 Å². The van der Waals surface area contributed by atoms with Gasteiger partial charge in [0, 0.05) is 12.0 Å². The molecule has 0 unspecified atom stereocenters. The fraction of sp³-hybridized carbons (Fsp3) is 0.188. The Kier molecular flexibility index (Phi) is 4.70. The molecule has 0 amide bonds. The number of aliphatic carboxylic acids is 1. The lowest BCUT2D eigenvalue weighted by Gasteiger charge is -2.17. The van der Waals surface area contributed by atoms with E-state index < -0.39 is 12.3 Å². The lowest BCUT2D eigenvalue weighted by molar-refractivity contribution is -0.274. The minimum absolute atomic E-state index is 0.0403. The molecule has 2 aromatic rings. The van der Waals surface area contributed by atoms with Crippen LogP contribution in [0.25, 0.3) is 11.1 Å². The first-order valence-corrected chi connectivity index (χ1v) is 6.51. The van der Waals surface area contributed by atoms with Gasteiger partial charge in [-0.3, -0.25) is 4.79 Å². The van der Waals surface area contributed by atoms with Crippen molar-refractivity contribution in [3.05, 3.63) is 54.1 Å². The molecule has 0 saturated heterocycles. The number of hydrogen-bond acceptors (Lipinski definition) is 2. The van der Waals surface area contributed by atoms with Crippen LogP contribution >= 0.6 is 0 Å². The zero-order valence-corrected chi connectivity index (χ0v) is 11.4. The maximum absolute atomic E-state index is 12.7. The first kappa shape index (κ1) is 15.9. The van der Waals surface area contributed by atoms with Crippen molar-refractivity contribution >= 4 is 5.97 Å². The zero-order valence-electron chi connectivity index (χ0n) is 11.4. The summed E-state index contributed by atoms with van der Waals surface area (Å²) >= 11 is 0. The van der Waals surface area contributed by atoms with E-state index in [1.165, 1.54) is 12.1 Å². The highest BCUT2D eigenvalue weighted by Crippen LogP contribution is 2.37. The lowest BCUT2D eigenvalue weighted by atomic mass is 9.99. The third kappa shape index (κ3) is 4.25. The van der Waals surface area contributed by atoms with Gasteiger partial charge in [-0.1, -0.05) is 48.5 Å². The summed E-state index contributed by atoms with van der Waals surface area (Å²) in [5.41, 5.74) is 1.06. The minimum atomic E-state index is -4.84. The summed E-state index contributed by atoms with van der Waals surface area (Å²) in [4.78, 5) is 10.7. The summed E-state index contributed by atoms with van der Waals surface area (Å²) in [5.74, 6) is -1.43. The molecule has 116 valence electrons. The Hall–Kier alpha value is -2.50. The Bertz CT molecular complexity index is 651. The first-order valence-electron chi connectivity index (χ1n) is 6.51. The third-order valence-electron chi connectivity index (χ3n) is 3.01. The Morgan fingerprint density at radius 1 is 1.05 bits per heavy atom. The van der Waals surface area contributed by atoms with Gasteiger partial charge in [0.1, 0.15) is 5.75 Å². The normalized spacial score (nSPS) is 11.2. The van der Waals surface area contributed by atoms with Gasteiger partial charge in [0.2, 0.25) is 0 Å². The maximum atomic E-state index is 12.7. The van der Waals surface area contributed by atoms with Gasteiger partial charge >= 0.3 is 12.3 Å². The molecule has 0 aromatic heterocycles. The quantitative estimate of drug-likeness (QED) is 0.897. The summed E-state index contributed by atoms with van der Waals surface area (Å²) in [6, 6.07) is 13.0. The van der Waals surface area contributed by atoms with Gasteiger partial charge in [0.05, 0.1) is 0 Å². The Morgan fingerprint density at radius 2 is 1.73 bits per heavy atom. The highest BCUT2D eigenvalue weighted by molar-refractivity contribution is 5.73. The van der Waals surface area contributed by atoms with Crippen molar-refractivity contribution in [2.24, 2.45) is 0 Å². The Morgan fingerprint density at radius 3 is 2.32 bits per heavy atom. The van der Waals surface area contributed by atoms with Gasteiger partial charge in [0.15, 0.2) is 0 Å². The Balaban J connectivity index is 2.48. The van der Waals surface area contributed by atoms with Gasteiger partial charge in [-0.05, 0) is 17.5 Å². The molecule has 0 fully saturated rings. The summed E-state index contributed by atoms with van der Waals surface area (Å²) in [7, 11) is 0. The molecule has 0 aliphatic carbocycles. The highest BCUT2D eigenvalue weighted by atomic mass is 19.4. The first-order chi connectivity index (χ1) is 10.4. The molecule has 22 heavy (non-hydrogen) atoms. The number of halogens is 3. The van der Waals surface area contributed by atoms with Crippen LogP contribution < -0.4 is 4.74 Å². The van der Waals surface area contributed by atoms with Crippen LogP contribution in [0.2, 0.25) is 0 Å². The van der Waals surface area contributed by atoms with Crippen LogP contribution in [0.5, 0.6) is 5.75 Å². The summed E-state index contributed by atoms with van der Waals surface area (Å²) in [5, 5.41) is 8.72. The van der Waals surface area contributed by atoms with E-state index in [0.717, 1.165) is 0 Å². The molecule has 2 aromatic carbocycles. The van der Waals surface area contributed by atoms with E-state index in [1.807, 2.05) is 0 Å². The molecular weight excluding hydrogens is 297 g/mol. The van der Waals surface area contributed by atoms with Crippen molar-refractivity contribution in [1.82, 2.24) is 0 Å². The van der Waals surface area contributed by atoms with E-state index in [0.29, 0.717) is 5.56 Å². The average Bonchev–Trinajstić information content (AvgIpc) is 2.45. The molecule has 0 bridgehead atoms. The monoisotopic (exact) mass is 310 g/mol. The minimum Gasteiger partial charge on any atom is -0.481 e. The predicted molar refractivity (Wildman–Crippen MR) is 74.5 cm³/mol. The largest absolute Gasteiger partial charge is 0.573 e. The number of carboxylic acid groups (broad SMARTS) is 1. The number of benzene rings is 2. The molecule has 0 atom stereocenters. The SMILES string of the molecule is O=C(O)CCc1cccc(-c2ccccc2)c1OC(F)(F)F. The molecule has 2 rings (SSSR count). The Labute approximate surface area is 125 Å². The van der Waals surface area contributed by atoms with Gasteiger partial charge in [-0.15, -0.1) is 13.2 Å². The second-order valence-corrected chi connectivity index (χ2v) is 4.60. The number of carboxylic acids is 1. The second-order valence-electron chi connectivity index (χ2n) is 4.60. The number of alkyl halides is 3. The number of aryl methyl sites for hydroxylation is 1. The van der Waals surface area contributed by atoms with Crippen LogP contribution in [0, 0.1) is 0 Å². The van der Waals surface area contributed by atoms with Gasteiger partial charge in [0.25, 0.3) is 0 Å². The molecule has 0 radical (unpaired) electrons. The van der Waals surface area contributed by atoms with E-state index in [1.54, 1.807) is 36.4 Å². The number of para-hydroxylation sites is 1. The average molecular weight is 310 g/mol. The maximum Gasteiger partial charge on any atom is 0.573 e. The van der Waals surface area contributed by atoms with Crippen molar-refractivity contribution in [2.75, 3.05) is 0 Å². The molecule has 0 heterocycles. The zero-order chi connectivity index (χ0) is 16.2. The topological polar surface area (TPSA) is 46.5 Å². The van der Waals surface area contributed by atoms with E-state index in [4.69, 9.17) is 5.11 Å². The lowest BCUT2D eigenvalue weighted by Crippen LogP contribution is -2.19. The molecule has 0 aliphatic rings. The van der Waals surface area contributed by atoms with Gasteiger partial charge in [-0.2, -0.15) is 0 Å². The van der Waals surface area contributed by atoms with E-state index in [2.05, 4.69) is 4.74 Å². The molecule has 6 heteroatoms. The van der Waals surface area contributed by atoms with Crippen molar-refractivity contribution in [3.63, 3.8) is 0 Å². The standard InChI is InChI=1S/C16H13F3O3/c17-16(18,19)22-15-12(9-10-14(20)21)7-4-8-13(15)11-5-2-1-3-6-11/h1-8H,9-10H2,(H,20,21). The van der Waals surface area contributed by atoms with Crippen molar-refractivity contribution in [2.45, 2.75) is 19.2 Å². The van der Waals surface area contributed by atoms with E-state index in [-0.39, 0.29) is 29.7 Å². The van der Waals surface area contributed by atoms with Gasteiger partial charge < -0.3 is 9.84 Å². The molecular formula is C16H13F3O3. The number of hydrogen-bond donors (Lipinski definition) is 1. The molecule has 0 spiro atoms. The summed E-state index contributed by atoms with van der Waals surface area (Å²) in [6.45, 7) is 0. The third-order valence-corrected chi connectivity index (χ3v) is 3.01. The molecule has 3 nitrogen and oxygen atoms in total. The fourth-order valence-corrected chi connectivity index (χ4v) is 2.10. The van der Waals surface area contributed by atoms with Gasteiger partial charge in [-0.25, -0.2) is 0 Å². The van der Waals surface area contributed by atoms with E-state index in [9.17, 15) is 18.0 Å². The number of ether oxygens (including phenoxy) is 1. The van der Waals surface area contributed by atoms with Crippen molar-refractivity contribution in [1.29, 1.82) is 0 Å². The second kappa shape index (κ2) is 6.51. The van der Waals surface area contributed by atoms with Crippen molar-refractivity contribution in [3.8, 4) is 16.9 Å². The number of carbonyl (C=O) groups is 1. The van der Waals surface area contributed by atoms with E-state index >= 15 is 0 Å². The van der Waals surface area contributed by atoms with Crippen molar-refractivity contribution < 1.29 is 27.8 Å². The molecule has 0 aliphatic heterocycles. The highest BCUT2D eigenvalue weighted by Gasteiger charge is 2.33. The van der Waals surface area contributed by atoms with Crippen LogP contribution in [-0.4, -0.2) is 17.4 Å². The molecule has 0 saturated carbocycles. The smallest absolute Gasteiger partial charge is 0.481 e. The van der Waals surface area contributed by atoms with Crippen LogP contribution in [0.4, 0.5) is 13.2 Å². The number of rotatable bonds is 5. The van der Waals surface area contributed by atoms with Crippen LogP contribution in [0.1, 0.15) is 12.0 Å². The molecule has 1 N–H and O–H groups in total. The van der Waals surface area contributed by atoms with Crippen LogP contribution in [0.15, 0.2) is 48.5 Å².